The van der Waals surface area contributed by atoms with Gasteiger partial charge in [-0.3, -0.25) is 9.59 Å². The van der Waals surface area contributed by atoms with Crippen LogP contribution >= 0.6 is 0 Å². The Bertz CT molecular complexity index is 481. The number of carboxylic acid groups (broad SMARTS) is 1. The van der Waals surface area contributed by atoms with Gasteiger partial charge in [-0.2, -0.15) is 0 Å². The van der Waals surface area contributed by atoms with E-state index in [1.165, 1.54) is 5.57 Å². The maximum absolute atomic E-state index is 12.1. The van der Waals surface area contributed by atoms with E-state index in [1.807, 2.05) is 6.08 Å². The number of carboxylic acids is 1. The van der Waals surface area contributed by atoms with Gasteiger partial charge < -0.3 is 5.11 Å². The summed E-state index contributed by atoms with van der Waals surface area (Å²) in [5.41, 5.74) is 1.37. The maximum Gasteiger partial charge on any atom is 0.303 e. The monoisotopic (exact) mass is 332 g/mol. The van der Waals surface area contributed by atoms with Crippen LogP contribution in [0.25, 0.3) is 0 Å². The quantitative estimate of drug-likeness (QED) is 0.403. The second-order valence-corrected chi connectivity index (χ2v) is 6.91. The van der Waals surface area contributed by atoms with Crippen molar-refractivity contribution >= 4 is 11.8 Å². The third-order valence-electron chi connectivity index (χ3n) is 4.48. The molecule has 0 aliphatic heterocycles. The summed E-state index contributed by atoms with van der Waals surface area (Å²) < 4.78 is 0. The summed E-state index contributed by atoms with van der Waals surface area (Å²) in [5.74, 6) is 0.132. The summed E-state index contributed by atoms with van der Waals surface area (Å²) in [6.07, 6.45) is 18.3. The molecule has 0 aromatic rings. The van der Waals surface area contributed by atoms with Crippen molar-refractivity contribution in [3.05, 3.63) is 36.0 Å². The first-order valence-corrected chi connectivity index (χ1v) is 9.20. The summed E-state index contributed by atoms with van der Waals surface area (Å²) in [4.78, 5) is 22.5. The Hall–Kier alpha value is -1.64. The van der Waals surface area contributed by atoms with Crippen molar-refractivity contribution in [3.8, 4) is 0 Å². The summed E-state index contributed by atoms with van der Waals surface area (Å²) in [5, 5.41) is 8.60. The number of allylic oxidation sites excluding steroid dienone is 6. The Morgan fingerprint density at radius 3 is 2.58 bits per heavy atom. The van der Waals surface area contributed by atoms with Crippen molar-refractivity contribution in [2.45, 2.75) is 71.6 Å². The van der Waals surface area contributed by atoms with Crippen LogP contribution in [0.15, 0.2) is 36.0 Å². The molecule has 0 amide bonds. The number of carbonyl (C=O) groups excluding carboxylic acids is 1. The Labute approximate surface area is 146 Å². The number of aliphatic carboxylic acids is 1. The van der Waals surface area contributed by atoms with Gasteiger partial charge in [0, 0.05) is 18.8 Å². The minimum atomic E-state index is -0.746. The molecule has 0 unspecified atom stereocenters. The third kappa shape index (κ3) is 8.85. The predicted molar refractivity (Wildman–Crippen MR) is 98.9 cm³/mol. The van der Waals surface area contributed by atoms with E-state index in [4.69, 9.17) is 5.11 Å². The van der Waals surface area contributed by atoms with Gasteiger partial charge in [0.15, 0.2) is 0 Å². The van der Waals surface area contributed by atoms with Gasteiger partial charge in [-0.15, -0.1) is 0 Å². The predicted octanol–water partition coefficient (Wildman–Crippen LogP) is 5.48. The van der Waals surface area contributed by atoms with E-state index < -0.39 is 5.97 Å². The molecule has 0 aromatic heterocycles. The molecule has 1 fully saturated rings. The zero-order valence-electron chi connectivity index (χ0n) is 15.2. The molecule has 0 aromatic carbocycles. The first-order valence-electron chi connectivity index (χ1n) is 9.20. The number of rotatable bonds is 11. The Morgan fingerprint density at radius 2 is 1.88 bits per heavy atom. The van der Waals surface area contributed by atoms with Gasteiger partial charge in [0.1, 0.15) is 5.78 Å². The van der Waals surface area contributed by atoms with Crippen LogP contribution in [0.3, 0.4) is 0 Å². The SMILES string of the molecule is CC(C)=CCCCC=C[C@H]1CCC(=O)[C@@H]1CC=CCCCC(=O)O. The van der Waals surface area contributed by atoms with Gasteiger partial charge in [-0.05, 0) is 64.7 Å². The molecule has 0 spiro atoms. The van der Waals surface area contributed by atoms with E-state index in [9.17, 15) is 9.59 Å². The van der Waals surface area contributed by atoms with Crippen LogP contribution in [0.1, 0.15) is 71.6 Å². The van der Waals surface area contributed by atoms with Crippen molar-refractivity contribution in [2.75, 3.05) is 0 Å². The Kier molecular flexibility index (Phi) is 10.1. The Morgan fingerprint density at radius 1 is 1.12 bits per heavy atom. The molecule has 24 heavy (non-hydrogen) atoms. The van der Waals surface area contributed by atoms with Crippen LogP contribution in [0.5, 0.6) is 0 Å². The normalized spacial score (nSPS) is 21.0. The zero-order chi connectivity index (χ0) is 17.8. The van der Waals surface area contributed by atoms with Crippen LogP contribution in [-0.4, -0.2) is 16.9 Å². The van der Waals surface area contributed by atoms with Gasteiger partial charge in [0.05, 0.1) is 0 Å². The lowest BCUT2D eigenvalue weighted by Gasteiger charge is -2.12. The standard InChI is InChI=1S/C21H32O3/c1-17(2)11-7-3-4-8-12-18-15-16-20(22)19(18)13-9-5-6-10-14-21(23)24/h5,8-9,11-12,18-19H,3-4,6-7,10,13-16H2,1-2H3,(H,23,24)/t18-,19+/m0/s1. The highest BCUT2D eigenvalue weighted by Gasteiger charge is 2.31. The lowest BCUT2D eigenvalue weighted by molar-refractivity contribution is -0.137. The van der Waals surface area contributed by atoms with Gasteiger partial charge in [0.2, 0.25) is 0 Å². The molecule has 1 aliphatic carbocycles. The molecule has 1 N–H and O–H groups in total. The summed E-state index contributed by atoms with van der Waals surface area (Å²) in [6.45, 7) is 4.25. The highest BCUT2D eigenvalue weighted by atomic mass is 16.4. The molecule has 0 saturated heterocycles. The number of unbranched alkanes of at least 4 members (excludes halogenated alkanes) is 3. The molecule has 134 valence electrons. The fraction of sp³-hybridized carbons (Fsp3) is 0.619. The number of hydrogen-bond donors (Lipinski definition) is 1. The second kappa shape index (κ2) is 11.8. The van der Waals surface area contributed by atoms with Crippen molar-refractivity contribution in [3.63, 3.8) is 0 Å². The van der Waals surface area contributed by atoms with Gasteiger partial charge in [0.25, 0.3) is 0 Å². The van der Waals surface area contributed by atoms with Crippen molar-refractivity contribution in [1.29, 1.82) is 0 Å². The molecule has 0 bridgehead atoms. The molecule has 0 heterocycles. The van der Waals surface area contributed by atoms with E-state index in [0.29, 0.717) is 24.5 Å². The van der Waals surface area contributed by atoms with Crippen molar-refractivity contribution in [1.82, 2.24) is 0 Å². The molecule has 1 rings (SSSR count). The van der Waals surface area contributed by atoms with Crippen LogP contribution in [0.2, 0.25) is 0 Å². The van der Waals surface area contributed by atoms with E-state index in [1.54, 1.807) is 0 Å². The summed E-state index contributed by atoms with van der Waals surface area (Å²) in [7, 11) is 0. The smallest absolute Gasteiger partial charge is 0.303 e. The molecule has 0 radical (unpaired) electrons. The highest BCUT2D eigenvalue weighted by molar-refractivity contribution is 5.83. The molecular weight excluding hydrogens is 300 g/mol. The largest absolute Gasteiger partial charge is 0.481 e. The lowest BCUT2D eigenvalue weighted by Crippen LogP contribution is -2.12. The first kappa shape index (κ1) is 20.4. The average Bonchev–Trinajstić information content (AvgIpc) is 2.86. The Balaban J connectivity index is 2.31. The van der Waals surface area contributed by atoms with Gasteiger partial charge in [-0.1, -0.05) is 36.0 Å². The summed E-state index contributed by atoms with van der Waals surface area (Å²) in [6, 6.07) is 0. The van der Waals surface area contributed by atoms with Crippen molar-refractivity contribution < 1.29 is 14.7 Å². The third-order valence-corrected chi connectivity index (χ3v) is 4.48. The lowest BCUT2D eigenvalue weighted by atomic mass is 9.91. The summed E-state index contributed by atoms with van der Waals surface area (Å²) >= 11 is 0. The first-order chi connectivity index (χ1) is 11.5. The zero-order valence-corrected chi connectivity index (χ0v) is 15.2. The van der Waals surface area contributed by atoms with Crippen molar-refractivity contribution in [2.24, 2.45) is 11.8 Å². The molecule has 2 atom stereocenters. The van der Waals surface area contributed by atoms with Crippen LogP contribution in [0, 0.1) is 11.8 Å². The van der Waals surface area contributed by atoms with E-state index in [0.717, 1.165) is 38.5 Å². The van der Waals surface area contributed by atoms with Crippen LogP contribution in [0.4, 0.5) is 0 Å². The molecular formula is C21H32O3. The molecule has 1 aliphatic rings. The fourth-order valence-electron chi connectivity index (χ4n) is 3.10. The number of hydrogen-bond acceptors (Lipinski definition) is 2. The van der Waals surface area contributed by atoms with E-state index in [-0.39, 0.29) is 12.3 Å². The van der Waals surface area contributed by atoms with Crippen LogP contribution < -0.4 is 0 Å². The fourth-order valence-corrected chi connectivity index (χ4v) is 3.10. The highest BCUT2D eigenvalue weighted by Crippen LogP contribution is 2.32. The van der Waals surface area contributed by atoms with E-state index in [2.05, 4.69) is 38.2 Å². The topological polar surface area (TPSA) is 54.4 Å². The van der Waals surface area contributed by atoms with Gasteiger partial charge in [-0.25, -0.2) is 0 Å². The van der Waals surface area contributed by atoms with Gasteiger partial charge >= 0.3 is 5.97 Å². The minimum Gasteiger partial charge on any atom is -0.481 e. The molecule has 1 saturated carbocycles. The molecule has 3 nitrogen and oxygen atoms in total. The molecule has 3 heteroatoms. The minimum absolute atomic E-state index is 0.120. The second-order valence-electron chi connectivity index (χ2n) is 6.91. The number of Topliss-reactive ketones (excluding diaryl/α,β-unsaturated/α-hetero) is 1. The average molecular weight is 332 g/mol. The maximum atomic E-state index is 12.1. The van der Waals surface area contributed by atoms with E-state index >= 15 is 0 Å². The number of carbonyl (C=O) groups is 2. The number of ketones is 1. The van der Waals surface area contributed by atoms with Crippen LogP contribution in [-0.2, 0) is 9.59 Å².